The Morgan fingerprint density at radius 3 is 1.80 bits per heavy atom. The number of carbonyl (C=O) groups is 1. The second-order valence-corrected chi connectivity index (χ2v) is 2.41. The van der Waals surface area contributed by atoms with Crippen molar-refractivity contribution in [1.29, 1.82) is 0 Å². The molecule has 0 atom stereocenters. The highest BCUT2D eigenvalue weighted by molar-refractivity contribution is 5.86. The lowest BCUT2D eigenvalue weighted by molar-refractivity contribution is -0.132. The van der Waals surface area contributed by atoms with Gasteiger partial charge in [-0.3, -0.25) is 0 Å². The number of carboxylic acids is 1. The Morgan fingerprint density at radius 1 is 1.30 bits per heavy atom. The van der Waals surface area contributed by atoms with E-state index in [-0.39, 0.29) is 0 Å². The van der Waals surface area contributed by atoms with Crippen LogP contribution in [-0.2, 0) is 4.79 Å². The van der Waals surface area contributed by atoms with E-state index in [9.17, 15) is 4.79 Å². The average Bonchev–Trinajstić information content (AvgIpc) is 1.84. The minimum atomic E-state index is -0.855. The number of nitrogens with zero attached hydrogens (tertiary/aromatic N) is 1. The highest BCUT2D eigenvalue weighted by atomic mass is 16.4. The maximum Gasteiger partial charge on any atom is 0.333 e. The second-order valence-electron chi connectivity index (χ2n) is 2.41. The minimum absolute atomic E-state index is 0.394. The maximum atomic E-state index is 10.4. The van der Waals surface area contributed by atoms with Crippen LogP contribution in [0, 0.1) is 0 Å². The summed E-state index contributed by atoms with van der Waals surface area (Å²) in [6, 6.07) is 0. The van der Waals surface area contributed by atoms with Gasteiger partial charge in [0.05, 0.1) is 5.57 Å². The van der Waals surface area contributed by atoms with E-state index in [4.69, 9.17) is 5.11 Å². The quantitative estimate of drug-likeness (QED) is 0.584. The predicted octanol–water partition coefficient (Wildman–Crippen LogP) is 0.926. The fourth-order valence-corrected chi connectivity index (χ4v) is 0.490. The van der Waals surface area contributed by atoms with Crippen molar-refractivity contribution in [2.45, 2.75) is 13.8 Å². The van der Waals surface area contributed by atoms with Crippen LogP contribution >= 0.6 is 0 Å². The lowest BCUT2D eigenvalue weighted by Gasteiger charge is -2.13. The summed E-state index contributed by atoms with van der Waals surface area (Å²) in [6.07, 6.45) is 0. The van der Waals surface area contributed by atoms with Gasteiger partial charge in [-0.25, -0.2) is 4.79 Å². The van der Waals surface area contributed by atoms with Gasteiger partial charge in [-0.05, 0) is 13.8 Å². The van der Waals surface area contributed by atoms with Gasteiger partial charge in [0.15, 0.2) is 0 Å². The average molecular weight is 143 g/mol. The molecule has 0 aromatic rings. The van der Waals surface area contributed by atoms with Crippen molar-refractivity contribution >= 4 is 5.97 Å². The fraction of sp³-hybridized carbons (Fsp3) is 0.571. The van der Waals surface area contributed by atoms with Crippen LogP contribution in [0.25, 0.3) is 0 Å². The van der Waals surface area contributed by atoms with Crippen LogP contribution in [0.5, 0.6) is 0 Å². The van der Waals surface area contributed by atoms with E-state index < -0.39 is 5.97 Å². The molecule has 58 valence electrons. The second kappa shape index (κ2) is 3.25. The molecule has 0 aliphatic rings. The van der Waals surface area contributed by atoms with Gasteiger partial charge in [-0.1, -0.05) is 0 Å². The smallest absolute Gasteiger partial charge is 0.333 e. The zero-order valence-corrected chi connectivity index (χ0v) is 6.80. The molecule has 3 heteroatoms. The molecule has 0 heterocycles. The molecule has 0 amide bonds. The van der Waals surface area contributed by atoms with Crippen molar-refractivity contribution in [1.82, 2.24) is 4.90 Å². The highest BCUT2D eigenvalue weighted by Crippen LogP contribution is 2.04. The standard InChI is InChI=1S/C7H13NO2/c1-5(7(9)10)6(2)8(3)4/h1-4H3,(H,9,10). The highest BCUT2D eigenvalue weighted by Gasteiger charge is 2.05. The van der Waals surface area contributed by atoms with Gasteiger partial charge in [0, 0.05) is 19.8 Å². The first kappa shape index (κ1) is 9.01. The third-order valence-electron chi connectivity index (χ3n) is 1.53. The molecule has 1 N–H and O–H groups in total. The first-order valence-electron chi connectivity index (χ1n) is 3.05. The summed E-state index contributed by atoms with van der Waals surface area (Å²) in [5.41, 5.74) is 1.18. The Morgan fingerprint density at radius 2 is 1.70 bits per heavy atom. The molecule has 10 heavy (non-hydrogen) atoms. The normalized spacial score (nSPS) is 12.4. The largest absolute Gasteiger partial charge is 0.478 e. The van der Waals surface area contributed by atoms with Crippen molar-refractivity contribution < 1.29 is 9.90 Å². The van der Waals surface area contributed by atoms with Crippen LogP contribution in [0.1, 0.15) is 13.8 Å². The van der Waals surface area contributed by atoms with Crippen molar-refractivity contribution in [2.75, 3.05) is 14.1 Å². The summed E-state index contributed by atoms with van der Waals surface area (Å²) in [5, 5.41) is 8.52. The van der Waals surface area contributed by atoms with Gasteiger partial charge in [0.2, 0.25) is 0 Å². The zero-order valence-electron chi connectivity index (χ0n) is 6.80. The number of hydrogen-bond donors (Lipinski definition) is 1. The van der Waals surface area contributed by atoms with E-state index in [2.05, 4.69) is 0 Å². The van der Waals surface area contributed by atoms with Crippen LogP contribution in [0.4, 0.5) is 0 Å². The SMILES string of the molecule is CC(C(=O)O)=C(C)N(C)C. The topological polar surface area (TPSA) is 40.5 Å². The fourth-order valence-electron chi connectivity index (χ4n) is 0.490. The number of aliphatic carboxylic acids is 1. The molecule has 0 rings (SSSR count). The van der Waals surface area contributed by atoms with E-state index >= 15 is 0 Å². The van der Waals surface area contributed by atoms with E-state index in [1.54, 1.807) is 18.7 Å². The summed E-state index contributed by atoms with van der Waals surface area (Å²) in [4.78, 5) is 12.1. The van der Waals surface area contributed by atoms with Gasteiger partial charge in [0.25, 0.3) is 0 Å². The van der Waals surface area contributed by atoms with Gasteiger partial charge in [0.1, 0.15) is 0 Å². The molecule has 0 radical (unpaired) electrons. The molecular formula is C7H13NO2. The molecule has 0 unspecified atom stereocenters. The van der Waals surface area contributed by atoms with Crippen LogP contribution < -0.4 is 0 Å². The molecule has 0 saturated carbocycles. The van der Waals surface area contributed by atoms with E-state index in [0.29, 0.717) is 5.57 Å². The third-order valence-corrected chi connectivity index (χ3v) is 1.53. The first-order chi connectivity index (χ1) is 4.46. The van der Waals surface area contributed by atoms with Crippen molar-refractivity contribution in [3.8, 4) is 0 Å². The number of allylic oxidation sites excluding steroid dienone is 1. The Hall–Kier alpha value is -0.990. The Kier molecular flexibility index (Phi) is 2.93. The number of carboxylic acid groups (broad SMARTS) is 1. The summed E-state index contributed by atoms with van der Waals surface area (Å²) in [6.45, 7) is 3.38. The Bertz CT molecular complexity index is 170. The molecule has 0 spiro atoms. The van der Waals surface area contributed by atoms with Crippen molar-refractivity contribution in [3.63, 3.8) is 0 Å². The van der Waals surface area contributed by atoms with Crippen LogP contribution in [0.15, 0.2) is 11.3 Å². The molecule has 0 aliphatic heterocycles. The molecule has 0 bridgehead atoms. The third kappa shape index (κ3) is 2.09. The van der Waals surface area contributed by atoms with Crippen molar-refractivity contribution in [2.24, 2.45) is 0 Å². The van der Waals surface area contributed by atoms with Crippen molar-refractivity contribution in [3.05, 3.63) is 11.3 Å². The molecule has 0 fully saturated rings. The van der Waals surface area contributed by atoms with Gasteiger partial charge < -0.3 is 10.0 Å². The molecule has 0 aromatic carbocycles. The summed E-state index contributed by atoms with van der Waals surface area (Å²) < 4.78 is 0. The molecule has 3 nitrogen and oxygen atoms in total. The minimum Gasteiger partial charge on any atom is -0.478 e. The van der Waals surface area contributed by atoms with Gasteiger partial charge >= 0.3 is 5.97 Å². The Balaban J connectivity index is 4.50. The maximum absolute atomic E-state index is 10.4. The predicted molar refractivity (Wildman–Crippen MR) is 39.7 cm³/mol. The first-order valence-corrected chi connectivity index (χ1v) is 3.05. The van der Waals surface area contributed by atoms with E-state index in [1.165, 1.54) is 0 Å². The summed E-state index contributed by atoms with van der Waals surface area (Å²) in [5.74, 6) is -0.855. The summed E-state index contributed by atoms with van der Waals surface area (Å²) >= 11 is 0. The molecule has 0 aliphatic carbocycles. The monoisotopic (exact) mass is 143 g/mol. The molecular weight excluding hydrogens is 130 g/mol. The van der Waals surface area contributed by atoms with E-state index in [0.717, 1.165) is 5.70 Å². The Labute approximate surface area is 61.0 Å². The van der Waals surface area contributed by atoms with E-state index in [1.807, 2.05) is 14.1 Å². The van der Waals surface area contributed by atoms with Crippen LogP contribution in [-0.4, -0.2) is 30.1 Å². The van der Waals surface area contributed by atoms with Gasteiger partial charge in [-0.15, -0.1) is 0 Å². The lowest BCUT2D eigenvalue weighted by atomic mass is 10.2. The van der Waals surface area contributed by atoms with Crippen LogP contribution in [0.3, 0.4) is 0 Å². The molecule has 0 aromatic heterocycles. The van der Waals surface area contributed by atoms with Gasteiger partial charge in [-0.2, -0.15) is 0 Å². The number of rotatable bonds is 2. The molecule has 0 saturated heterocycles. The van der Waals surface area contributed by atoms with Crippen LogP contribution in [0.2, 0.25) is 0 Å². The number of hydrogen-bond acceptors (Lipinski definition) is 2. The summed E-state index contributed by atoms with van der Waals surface area (Å²) in [7, 11) is 3.64. The lowest BCUT2D eigenvalue weighted by Crippen LogP contribution is -2.13. The zero-order chi connectivity index (χ0) is 8.31.